The first kappa shape index (κ1) is 16.2. The van der Waals surface area contributed by atoms with Crippen LogP contribution in [0.15, 0.2) is 78.9 Å². The van der Waals surface area contributed by atoms with Gasteiger partial charge in [-0.2, -0.15) is 15.4 Å². The molecule has 4 aromatic rings. The van der Waals surface area contributed by atoms with E-state index in [9.17, 15) is 4.79 Å². The number of carboxylic acids is 1. The Kier molecular flexibility index (Phi) is 5.01. The second-order valence-corrected chi connectivity index (χ2v) is 5.03. The molecule has 4 rings (SSSR count). The molecule has 1 aromatic heterocycles. The SMILES string of the molecule is O=C(O)c1ccccc1Oc1ccccc1.c1ccc2n[nH]nc2c1. The molecule has 0 atom stereocenters. The molecule has 25 heavy (non-hydrogen) atoms. The molecule has 0 radical (unpaired) electrons. The van der Waals surface area contributed by atoms with Crippen molar-refractivity contribution in [1.82, 2.24) is 15.4 Å². The van der Waals surface area contributed by atoms with Crippen LogP contribution in [0.5, 0.6) is 11.5 Å². The number of carbonyl (C=O) groups is 1. The number of nitrogens with one attached hydrogen (secondary N) is 1. The normalized spacial score (nSPS) is 9.92. The monoisotopic (exact) mass is 333 g/mol. The van der Waals surface area contributed by atoms with Gasteiger partial charge in [0.1, 0.15) is 28.1 Å². The molecule has 6 nitrogen and oxygen atoms in total. The minimum absolute atomic E-state index is 0.159. The van der Waals surface area contributed by atoms with E-state index >= 15 is 0 Å². The molecule has 0 amide bonds. The number of nitrogens with zero attached hydrogens (tertiary/aromatic N) is 2. The third kappa shape index (κ3) is 4.20. The predicted octanol–water partition coefficient (Wildman–Crippen LogP) is 4.14. The summed E-state index contributed by atoms with van der Waals surface area (Å²) in [5, 5.41) is 19.3. The van der Waals surface area contributed by atoms with Crippen molar-refractivity contribution in [3.05, 3.63) is 84.4 Å². The predicted molar refractivity (Wildman–Crippen MR) is 93.8 cm³/mol. The highest BCUT2D eigenvalue weighted by Gasteiger charge is 2.10. The topological polar surface area (TPSA) is 88.1 Å². The van der Waals surface area contributed by atoms with Gasteiger partial charge >= 0.3 is 5.97 Å². The Morgan fingerprint density at radius 3 is 2.00 bits per heavy atom. The van der Waals surface area contributed by atoms with E-state index in [2.05, 4.69) is 15.4 Å². The summed E-state index contributed by atoms with van der Waals surface area (Å²) in [6.45, 7) is 0. The number of aromatic carboxylic acids is 1. The van der Waals surface area contributed by atoms with Gasteiger partial charge in [0.2, 0.25) is 0 Å². The van der Waals surface area contributed by atoms with Crippen molar-refractivity contribution in [1.29, 1.82) is 0 Å². The van der Waals surface area contributed by atoms with Gasteiger partial charge in [-0.15, -0.1) is 0 Å². The van der Waals surface area contributed by atoms with E-state index in [0.717, 1.165) is 11.0 Å². The number of para-hydroxylation sites is 4. The van der Waals surface area contributed by atoms with Gasteiger partial charge in [0.05, 0.1) is 0 Å². The summed E-state index contributed by atoms with van der Waals surface area (Å²) < 4.78 is 5.49. The highest BCUT2D eigenvalue weighted by molar-refractivity contribution is 5.90. The van der Waals surface area contributed by atoms with Crippen molar-refractivity contribution >= 4 is 17.0 Å². The summed E-state index contributed by atoms with van der Waals surface area (Å²) in [5.41, 5.74) is 1.99. The van der Waals surface area contributed by atoms with Crippen LogP contribution in [0.25, 0.3) is 11.0 Å². The first-order valence-corrected chi connectivity index (χ1v) is 7.55. The van der Waals surface area contributed by atoms with E-state index in [1.165, 1.54) is 6.07 Å². The molecule has 0 bridgehead atoms. The first-order chi connectivity index (χ1) is 12.2. The van der Waals surface area contributed by atoms with Crippen LogP contribution >= 0.6 is 0 Å². The molecule has 0 fully saturated rings. The largest absolute Gasteiger partial charge is 0.478 e. The van der Waals surface area contributed by atoms with E-state index in [1.54, 1.807) is 30.3 Å². The molecule has 0 saturated heterocycles. The van der Waals surface area contributed by atoms with Crippen LogP contribution in [0.2, 0.25) is 0 Å². The second kappa shape index (κ2) is 7.74. The molecule has 2 N–H and O–H groups in total. The number of carboxylic acid groups (broad SMARTS) is 1. The van der Waals surface area contributed by atoms with Crippen molar-refractivity contribution in [2.45, 2.75) is 0 Å². The fourth-order valence-corrected chi connectivity index (χ4v) is 2.13. The third-order valence-corrected chi connectivity index (χ3v) is 3.31. The third-order valence-electron chi connectivity index (χ3n) is 3.31. The standard InChI is InChI=1S/C13H10O3.C6H5N3/c14-13(15)11-8-4-5-9-12(11)16-10-6-2-1-3-7-10;1-2-4-6-5(3-1)7-9-8-6/h1-9H,(H,14,15);1-4H,(H,7,8,9). The van der Waals surface area contributed by atoms with Crippen molar-refractivity contribution in [2.75, 3.05) is 0 Å². The lowest BCUT2D eigenvalue weighted by Crippen LogP contribution is -1.99. The number of hydrogen-bond donors (Lipinski definition) is 2. The zero-order chi connectivity index (χ0) is 17.5. The maximum absolute atomic E-state index is 10.9. The van der Waals surface area contributed by atoms with Crippen LogP contribution in [-0.4, -0.2) is 26.5 Å². The maximum Gasteiger partial charge on any atom is 0.339 e. The lowest BCUT2D eigenvalue weighted by Gasteiger charge is -2.07. The fraction of sp³-hybridized carbons (Fsp3) is 0. The molecule has 1 heterocycles. The molecule has 0 aliphatic rings. The molecular weight excluding hydrogens is 318 g/mol. The Morgan fingerprint density at radius 1 is 0.800 bits per heavy atom. The molecule has 0 aliphatic heterocycles. The summed E-state index contributed by atoms with van der Waals surface area (Å²) in [6, 6.07) is 23.3. The van der Waals surface area contributed by atoms with Gasteiger partial charge in [0.25, 0.3) is 0 Å². The number of ether oxygens (including phenoxy) is 1. The average molecular weight is 333 g/mol. The molecule has 3 aromatic carbocycles. The molecule has 6 heteroatoms. The lowest BCUT2D eigenvalue weighted by atomic mass is 10.2. The summed E-state index contributed by atoms with van der Waals surface area (Å²) in [4.78, 5) is 10.9. The number of benzene rings is 3. The van der Waals surface area contributed by atoms with Crippen LogP contribution in [0.3, 0.4) is 0 Å². The van der Waals surface area contributed by atoms with Gasteiger partial charge in [-0.25, -0.2) is 4.79 Å². The summed E-state index contributed by atoms with van der Waals surface area (Å²) >= 11 is 0. The second-order valence-electron chi connectivity index (χ2n) is 5.03. The minimum Gasteiger partial charge on any atom is -0.478 e. The number of hydrogen-bond acceptors (Lipinski definition) is 4. The summed E-state index contributed by atoms with van der Waals surface area (Å²) in [7, 11) is 0. The number of rotatable bonds is 3. The van der Waals surface area contributed by atoms with Crippen LogP contribution < -0.4 is 4.74 Å². The molecule has 0 saturated carbocycles. The van der Waals surface area contributed by atoms with Gasteiger partial charge < -0.3 is 9.84 Å². The smallest absolute Gasteiger partial charge is 0.339 e. The minimum atomic E-state index is -0.994. The number of H-pyrrole nitrogens is 1. The van der Waals surface area contributed by atoms with E-state index in [0.29, 0.717) is 11.5 Å². The average Bonchev–Trinajstić information content (AvgIpc) is 3.12. The Hall–Kier alpha value is -3.67. The molecule has 0 unspecified atom stereocenters. The number of aromatic nitrogens is 3. The van der Waals surface area contributed by atoms with Crippen LogP contribution in [0.1, 0.15) is 10.4 Å². The zero-order valence-corrected chi connectivity index (χ0v) is 13.2. The van der Waals surface area contributed by atoms with Crippen LogP contribution in [0.4, 0.5) is 0 Å². The highest BCUT2D eigenvalue weighted by atomic mass is 16.5. The van der Waals surface area contributed by atoms with Crippen molar-refractivity contribution < 1.29 is 14.6 Å². The number of fused-ring (bicyclic) bond motifs is 1. The lowest BCUT2D eigenvalue weighted by molar-refractivity contribution is 0.0694. The molecule has 0 aliphatic carbocycles. The highest BCUT2D eigenvalue weighted by Crippen LogP contribution is 2.24. The summed E-state index contributed by atoms with van der Waals surface area (Å²) in [5.74, 6) is -0.0241. The van der Waals surface area contributed by atoms with Gasteiger partial charge in [-0.1, -0.05) is 42.5 Å². The quantitative estimate of drug-likeness (QED) is 0.588. The van der Waals surface area contributed by atoms with E-state index < -0.39 is 5.97 Å². The Bertz CT molecular complexity index is 938. The van der Waals surface area contributed by atoms with Gasteiger partial charge in [0, 0.05) is 0 Å². The van der Waals surface area contributed by atoms with Crippen molar-refractivity contribution in [3.8, 4) is 11.5 Å². The zero-order valence-electron chi connectivity index (χ0n) is 13.2. The molecular formula is C19H15N3O3. The van der Waals surface area contributed by atoms with Crippen molar-refractivity contribution in [3.63, 3.8) is 0 Å². The Balaban J connectivity index is 0.000000170. The summed E-state index contributed by atoms with van der Waals surface area (Å²) in [6.07, 6.45) is 0. The van der Waals surface area contributed by atoms with Crippen molar-refractivity contribution in [2.24, 2.45) is 0 Å². The van der Waals surface area contributed by atoms with Gasteiger partial charge in [-0.3, -0.25) is 0 Å². The van der Waals surface area contributed by atoms with Gasteiger partial charge in [-0.05, 0) is 36.4 Å². The fourth-order valence-electron chi connectivity index (χ4n) is 2.13. The van der Waals surface area contributed by atoms with E-state index in [-0.39, 0.29) is 5.56 Å². The van der Waals surface area contributed by atoms with Crippen LogP contribution in [0, 0.1) is 0 Å². The van der Waals surface area contributed by atoms with Crippen LogP contribution in [-0.2, 0) is 0 Å². The van der Waals surface area contributed by atoms with Gasteiger partial charge in [0.15, 0.2) is 0 Å². The molecule has 0 spiro atoms. The first-order valence-electron chi connectivity index (χ1n) is 7.55. The Morgan fingerprint density at radius 2 is 1.36 bits per heavy atom. The van der Waals surface area contributed by atoms with E-state index in [4.69, 9.17) is 9.84 Å². The maximum atomic E-state index is 10.9. The molecule has 124 valence electrons. The number of aromatic amines is 1. The Labute approximate surface area is 143 Å². The van der Waals surface area contributed by atoms with E-state index in [1.807, 2.05) is 42.5 Å².